The summed E-state index contributed by atoms with van der Waals surface area (Å²) in [5, 5.41) is 7.57. The summed E-state index contributed by atoms with van der Waals surface area (Å²) >= 11 is 0. The molecule has 0 aliphatic carbocycles. The molecule has 0 saturated carbocycles. The van der Waals surface area contributed by atoms with E-state index in [4.69, 9.17) is 0 Å². The minimum Gasteiger partial charge on any atom is -0.309 e. The standard InChI is InChI=1S/C40H26N2/c1-2-11-27(12-3-1)28-21-23-30(24-22-28)41-37-19-9-7-17-34(37)39-38(41)26-25-33-32-16-6-8-18-36(32)42(40(33)39)35-20-10-14-29-13-4-5-15-31(29)35/h1-26H. The predicted octanol–water partition coefficient (Wildman–Crippen LogP) is 10.7. The Labute approximate surface area is 243 Å². The lowest BCUT2D eigenvalue weighted by Gasteiger charge is -2.13. The minimum absolute atomic E-state index is 1.16. The average Bonchev–Trinajstić information content (AvgIpc) is 3.58. The topological polar surface area (TPSA) is 9.86 Å². The molecule has 2 aromatic heterocycles. The molecule has 0 aliphatic rings. The van der Waals surface area contributed by atoms with Gasteiger partial charge in [0.1, 0.15) is 0 Å². The fourth-order valence-corrected chi connectivity index (χ4v) is 6.87. The fourth-order valence-electron chi connectivity index (χ4n) is 6.87. The summed E-state index contributed by atoms with van der Waals surface area (Å²) in [6.07, 6.45) is 0. The summed E-state index contributed by atoms with van der Waals surface area (Å²) in [5.41, 5.74) is 9.71. The van der Waals surface area contributed by atoms with Crippen molar-refractivity contribution in [2.75, 3.05) is 0 Å². The molecule has 7 aromatic carbocycles. The SMILES string of the molecule is c1ccc(-c2ccc(-n3c4ccccc4c4c3ccc3c5ccccc5n(-c5cccc6ccccc56)c34)cc2)cc1. The average molecular weight is 535 g/mol. The Bertz CT molecular complexity index is 2440. The molecule has 2 heteroatoms. The van der Waals surface area contributed by atoms with Crippen LogP contribution >= 0.6 is 0 Å². The number of benzene rings is 7. The van der Waals surface area contributed by atoms with Gasteiger partial charge in [0.2, 0.25) is 0 Å². The third kappa shape index (κ3) is 3.27. The number of rotatable bonds is 3. The van der Waals surface area contributed by atoms with E-state index in [1.165, 1.54) is 71.2 Å². The van der Waals surface area contributed by atoms with Gasteiger partial charge in [0, 0.05) is 32.6 Å². The van der Waals surface area contributed by atoms with Gasteiger partial charge in [-0.25, -0.2) is 0 Å². The van der Waals surface area contributed by atoms with Gasteiger partial charge in [-0.15, -0.1) is 0 Å². The highest BCUT2D eigenvalue weighted by Gasteiger charge is 2.21. The molecule has 9 rings (SSSR count). The second kappa shape index (κ2) is 8.95. The van der Waals surface area contributed by atoms with E-state index in [1.54, 1.807) is 0 Å². The van der Waals surface area contributed by atoms with E-state index in [0.717, 1.165) is 5.69 Å². The van der Waals surface area contributed by atoms with Gasteiger partial charge < -0.3 is 9.13 Å². The maximum Gasteiger partial charge on any atom is 0.0641 e. The zero-order chi connectivity index (χ0) is 27.6. The lowest BCUT2D eigenvalue weighted by molar-refractivity contribution is 1.18. The van der Waals surface area contributed by atoms with Crippen LogP contribution in [0, 0.1) is 0 Å². The lowest BCUT2D eigenvalue weighted by Crippen LogP contribution is -1.96. The van der Waals surface area contributed by atoms with E-state index in [-0.39, 0.29) is 0 Å². The molecule has 42 heavy (non-hydrogen) atoms. The van der Waals surface area contributed by atoms with Crippen molar-refractivity contribution < 1.29 is 0 Å². The Balaban J connectivity index is 1.41. The van der Waals surface area contributed by atoms with Gasteiger partial charge in [-0.05, 0) is 52.9 Å². The molecule has 0 fully saturated rings. The molecule has 0 aliphatic heterocycles. The van der Waals surface area contributed by atoms with Crippen molar-refractivity contribution in [2.24, 2.45) is 0 Å². The first-order chi connectivity index (χ1) is 20.9. The summed E-state index contributed by atoms with van der Waals surface area (Å²) in [5.74, 6) is 0. The number of hydrogen-bond acceptors (Lipinski definition) is 0. The van der Waals surface area contributed by atoms with Crippen molar-refractivity contribution in [3.8, 4) is 22.5 Å². The van der Waals surface area contributed by atoms with E-state index >= 15 is 0 Å². The van der Waals surface area contributed by atoms with Crippen molar-refractivity contribution in [1.29, 1.82) is 0 Å². The molecular formula is C40H26N2. The number of para-hydroxylation sites is 2. The van der Waals surface area contributed by atoms with Crippen molar-refractivity contribution in [1.82, 2.24) is 9.13 Å². The van der Waals surface area contributed by atoms with Crippen molar-refractivity contribution in [3.05, 3.63) is 158 Å². The van der Waals surface area contributed by atoms with Crippen LogP contribution in [0.5, 0.6) is 0 Å². The van der Waals surface area contributed by atoms with E-state index in [1.807, 2.05) is 0 Å². The zero-order valence-corrected chi connectivity index (χ0v) is 22.9. The number of hydrogen-bond donors (Lipinski definition) is 0. The summed E-state index contributed by atoms with van der Waals surface area (Å²) in [4.78, 5) is 0. The Kier molecular flexibility index (Phi) is 4.93. The Morgan fingerprint density at radius 3 is 1.76 bits per heavy atom. The zero-order valence-electron chi connectivity index (χ0n) is 22.9. The van der Waals surface area contributed by atoms with Gasteiger partial charge in [-0.3, -0.25) is 0 Å². The fraction of sp³-hybridized carbons (Fsp3) is 0. The van der Waals surface area contributed by atoms with Crippen LogP contribution in [0.25, 0.3) is 76.9 Å². The van der Waals surface area contributed by atoms with Gasteiger partial charge >= 0.3 is 0 Å². The number of aromatic nitrogens is 2. The van der Waals surface area contributed by atoms with Crippen molar-refractivity contribution >= 4 is 54.4 Å². The molecule has 0 atom stereocenters. The molecule has 2 heterocycles. The van der Waals surface area contributed by atoms with Crippen LogP contribution in [0.1, 0.15) is 0 Å². The molecular weight excluding hydrogens is 508 g/mol. The monoisotopic (exact) mass is 534 g/mol. The van der Waals surface area contributed by atoms with Gasteiger partial charge in [-0.2, -0.15) is 0 Å². The van der Waals surface area contributed by atoms with Crippen molar-refractivity contribution in [2.45, 2.75) is 0 Å². The Morgan fingerprint density at radius 1 is 0.333 bits per heavy atom. The predicted molar refractivity (Wildman–Crippen MR) is 178 cm³/mol. The van der Waals surface area contributed by atoms with E-state index < -0.39 is 0 Å². The minimum atomic E-state index is 1.16. The molecule has 0 saturated heterocycles. The van der Waals surface area contributed by atoms with Crippen LogP contribution in [0.15, 0.2) is 158 Å². The lowest BCUT2D eigenvalue weighted by atomic mass is 10.1. The maximum absolute atomic E-state index is 2.49. The Hall–Kier alpha value is -5.60. The smallest absolute Gasteiger partial charge is 0.0641 e. The van der Waals surface area contributed by atoms with Gasteiger partial charge in [0.15, 0.2) is 0 Å². The third-order valence-electron chi connectivity index (χ3n) is 8.71. The van der Waals surface area contributed by atoms with Crippen LogP contribution in [-0.4, -0.2) is 9.13 Å². The third-order valence-corrected chi connectivity index (χ3v) is 8.71. The summed E-state index contributed by atoms with van der Waals surface area (Å²) < 4.78 is 4.91. The van der Waals surface area contributed by atoms with Gasteiger partial charge in [0.05, 0.1) is 27.8 Å². The normalized spacial score (nSPS) is 11.8. The highest BCUT2D eigenvalue weighted by molar-refractivity contribution is 6.26. The quantitative estimate of drug-likeness (QED) is 0.213. The van der Waals surface area contributed by atoms with Gasteiger partial charge in [-0.1, -0.05) is 121 Å². The molecule has 0 spiro atoms. The van der Waals surface area contributed by atoms with Crippen LogP contribution in [-0.2, 0) is 0 Å². The number of fused-ring (bicyclic) bond motifs is 8. The van der Waals surface area contributed by atoms with E-state index in [9.17, 15) is 0 Å². The maximum atomic E-state index is 2.49. The molecule has 196 valence electrons. The van der Waals surface area contributed by atoms with Crippen LogP contribution in [0.2, 0.25) is 0 Å². The van der Waals surface area contributed by atoms with Gasteiger partial charge in [0.25, 0.3) is 0 Å². The first-order valence-corrected chi connectivity index (χ1v) is 14.5. The highest BCUT2D eigenvalue weighted by atomic mass is 15.0. The largest absolute Gasteiger partial charge is 0.309 e. The molecule has 0 radical (unpaired) electrons. The first kappa shape index (κ1) is 23.1. The van der Waals surface area contributed by atoms with Crippen molar-refractivity contribution in [3.63, 3.8) is 0 Å². The second-order valence-electron chi connectivity index (χ2n) is 11.0. The van der Waals surface area contributed by atoms with E-state index in [2.05, 4.69) is 167 Å². The molecule has 0 N–H and O–H groups in total. The van der Waals surface area contributed by atoms with E-state index in [0.29, 0.717) is 0 Å². The molecule has 2 nitrogen and oxygen atoms in total. The molecule has 0 unspecified atom stereocenters. The van der Waals surface area contributed by atoms with Crippen LogP contribution < -0.4 is 0 Å². The Morgan fingerprint density at radius 2 is 0.952 bits per heavy atom. The summed E-state index contributed by atoms with van der Waals surface area (Å²) in [6.45, 7) is 0. The molecule has 0 bridgehead atoms. The molecule has 0 amide bonds. The summed E-state index contributed by atoms with van der Waals surface area (Å²) in [6, 6.07) is 57.1. The van der Waals surface area contributed by atoms with Crippen LogP contribution in [0.3, 0.4) is 0 Å². The van der Waals surface area contributed by atoms with Crippen LogP contribution in [0.4, 0.5) is 0 Å². The second-order valence-corrected chi connectivity index (χ2v) is 11.0. The highest BCUT2D eigenvalue weighted by Crippen LogP contribution is 2.42. The number of nitrogens with zero attached hydrogens (tertiary/aromatic N) is 2. The molecule has 9 aromatic rings. The summed E-state index contributed by atoms with van der Waals surface area (Å²) in [7, 11) is 0. The first-order valence-electron chi connectivity index (χ1n) is 14.5.